The lowest BCUT2D eigenvalue weighted by atomic mass is 9.84. The summed E-state index contributed by atoms with van der Waals surface area (Å²) in [6, 6.07) is 29.2. The van der Waals surface area contributed by atoms with Gasteiger partial charge in [-0.1, -0.05) is 107 Å². The second-order valence-electron chi connectivity index (χ2n) is 18.8. The minimum Gasteiger partial charge on any atom is -0.306 e. The molecule has 2 nitrogen and oxygen atoms in total. The molecule has 0 aliphatic carbocycles. The van der Waals surface area contributed by atoms with Gasteiger partial charge in [-0.15, -0.1) is 0 Å². The molecule has 0 saturated heterocycles. The number of aromatic nitrogens is 2. The van der Waals surface area contributed by atoms with Crippen LogP contribution in [0, 0.1) is 0 Å². The highest BCUT2D eigenvalue weighted by Crippen LogP contribution is 2.49. The van der Waals surface area contributed by atoms with Crippen molar-refractivity contribution in [2.45, 2.75) is 105 Å². The molecule has 0 bridgehead atoms. The normalized spacial score (nSPS) is 14.2. The highest BCUT2D eigenvalue weighted by atomic mass is 15.0. The van der Waals surface area contributed by atoms with Gasteiger partial charge in [0, 0.05) is 43.1 Å². The SMILES string of the molecule is CC(C)(C)c1ccc2c(c1)c1cc(C(C)(C)C)cc3c4ccc5c6cc(C(C)(C)C)cc7c8cc(C(C)(C)C)ccc8n(c76)c5c4n2c13. The molecule has 2 heteroatoms. The summed E-state index contributed by atoms with van der Waals surface area (Å²) in [7, 11) is 0. The lowest BCUT2D eigenvalue weighted by Gasteiger charge is -2.20. The Morgan fingerprint density at radius 1 is 0.292 bits per heavy atom. The largest absolute Gasteiger partial charge is 0.306 e. The van der Waals surface area contributed by atoms with Crippen LogP contribution in [0.25, 0.3) is 76.2 Å². The van der Waals surface area contributed by atoms with Crippen LogP contribution in [0.2, 0.25) is 0 Å². The Morgan fingerprint density at radius 3 is 0.896 bits per heavy atom. The standard InChI is InChI=1S/C46H48N2/c1-43(2,3)25-13-17-37-31(19-25)35-23-27(45(7,8)9)21-33-29-15-16-30-34-22-28(46(10,11)12)24-36-32-20-26(44(4,5)6)14-18-38(32)48(40(34)36)42(30)41(29)47(37)39(33)35/h13-24H,1-12H3. The average molecular weight is 629 g/mol. The number of nitrogens with zero attached hydrogens (tertiary/aromatic N) is 2. The predicted octanol–water partition coefficient (Wildman–Crippen LogP) is 13.2. The Bertz CT molecular complexity index is 2590. The summed E-state index contributed by atoms with van der Waals surface area (Å²) in [5.74, 6) is 0. The summed E-state index contributed by atoms with van der Waals surface area (Å²) >= 11 is 0. The molecule has 0 N–H and O–H groups in total. The van der Waals surface area contributed by atoms with E-state index in [2.05, 4.69) is 165 Å². The van der Waals surface area contributed by atoms with Crippen LogP contribution in [0.5, 0.6) is 0 Å². The number of fused-ring (bicyclic) bond motifs is 13. The Morgan fingerprint density at radius 2 is 0.583 bits per heavy atom. The second kappa shape index (κ2) is 8.83. The van der Waals surface area contributed by atoms with Gasteiger partial charge in [0.2, 0.25) is 0 Å². The van der Waals surface area contributed by atoms with Gasteiger partial charge in [0.25, 0.3) is 0 Å². The lowest BCUT2D eigenvalue weighted by molar-refractivity contribution is 0.590. The van der Waals surface area contributed by atoms with Crippen molar-refractivity contribution in [2.24, 2.45) is 0 Å². The van der Waals surface area contributed by atoms with Crippen LogP contribution >= 0.6 is 0 Å². The van der Waals surface area contributed by atoms with E-state index in [1.54, 1.807) is 0 Å². The molecular formula is C46H48N2. The van der Waals surface area contributed by atoms with E-state index < -0.39 is 0 Å². The average Bonchev–Trinajstić information content (AvgIpc) is 3.70. The number of hydrogen-bond acceptors (Lipinski definition) is 0. The van der Waals surface area contributed by atoms with Gasteiger partial charge < -0.3 is 8.80 Å². The Balaban J connectivity index is 1.57. The van der Waals surface area contributed by atoms with Gasteiger partial charge in [-0.3, -0.25) is 0 Å². The van der Waals surface area contributed by atoms with Crippen molar-refractivity contribution in [3.05, 3.63) is 95.1 Å². The van der Waals surface area contributed by atoms with Gasteiger partial charge in [0.15, 0.2) is 0 Å². The highest BCUT2D eigenvalue weighted by Gasteiger charge is 2.29. The van der Waals surface area contributed by atoms with Gasteiger partial charge >= 0.3 is 0 Å². The summed E-state index contributed by atoms with van der Waals surface area (Å²) in [5.41, 5.74) is 13.7. The zero-order chi connectivity index (χ0) is 34.0. The highest BCUT2D eigenvalue weighted by molar-refractivity contribution is 6.32. The topological polar surface area (TPSA) is 8.82 Å². The third-order valence-corrected chi connectivity index (χ3v) is 11.4. The fourth-order valence-corrected chi connectivity index (χ4v) is 8.44. The first-order chi connectivity index (χ1) is 22.3. The van der Waals surface area contributed by atoms with E-state index in [1.807, 2.05) is 0 Å². The molecule has 9 aromatic rings. The maximum absolute atomic E-state index is 2.62. The van der Waals surface area contributed by atoms with Crippen LogP contribution < -0.4 is 0 Å². The zero-order valence-corrected chi connectivity index (χ0v) is 30.8. The molecular weight excluding hydrogens is 581 g/mol. The lowest BCUT2D eigenvalue weighted by Crippen LogP contribution is -2.11. The first kappa shape index (κ1) is 29.8. The summed E-state index contributed by atoms with van der Waals surface area (Å²) in [6.07, 6.45) is 0. The van der Waals surface area contributed by atoms with E-state index in [9.17, 15) is 0 Å². The van der Waals surface area contributed by atoms with Crippen LogP contribution in [0.3, 0.4) is 0 Å². The van der Waals surface area contributed by atoms with Gasteiger partial charge in [-0.05, 0) is 92.4 Å². The fraction of sp³-hybridized carbons (Fsp3) is 0.348. The molecule has 4 heterocycles. The van der Waals surface area contributed by atoms with Crippen molar-refractivity contribution in [1.82, 2.24) is 8.80 Å². The second-order valence-corrected chi connectivity index (χ2v) is 18.8. The number of benzene rings is 5. The number of rotatable bonds is 0. The van der Waals surface area contributed by atoms with E-state index in [1.165, 1.54) is 98.4 Å². The Kier molecular flexibility index (Phi) is 5.48. The molecule has 5 aromatic carbocycles. The van der Waals surface area contributed by atoms with Crippen LogP contribution in [-0.2, 0) is 21.7 Å². The van der Waals surface area contributed by atoms with Gasteiger partial charge in [-0.25, -0.2) is 0 Å². The molecule has 0 spiro atoms. The molecule has 0 amide bonds. The van der Waals surface area contributed by atoms with Crippen molar-refractivity contribution in [1.29, 1.82) is 0 Å². The summed E-state index contributed by atoms with van der Waals surface area (Å²) < 4.78 is 5.23. The molecule has 0 atom stereocenters. The third-order valence-electron chi connectivity index (χ3n) is 11.4. The first-order valence-electron chi connectivity index (χ1n) is 17.8. The van der Waals surface area contributed by atoms with Crippen LogP contribution in [0.15, 0.2) is 72.8 Å². The van der Waals surface area contributed by atoms with E-state index in [0.29, 0.717) is 0 Å². The molecule has 48 heavy (non-hydrogen) atoms. The maximum Gasteiger partial charge on any atom is 0.0789 e. The third kappa shape index (κ3) is 3.81. The molecule has 9 rings (SSSR count). The van der Waals surface area contributed by atoms with Gasteiger partial charge in [0.05, 0.1) is 33.1 Å². The molecule has 0 aliphatic heterocycles. The van der Waals surface area contributed by atoms with Crippen molar-refractivity contribution in [3.8, 4) is 0 Å². The monoisotopic (exact) mass is 628 g/mol. The Labute approximate surface area is 284 Å². The van der Waals surface area contributed by atoms with Crippen molar-refractivity contribution < 1.29 is 0 Å². The maximum atomic E-state index is 2.62. The van der Waals surface area contributed by atoms with Crippen molar-refractivity contribution in [2.75, 3.05) is 0 Å². The minimum absolute atomic E-state index is 0.0351. The van der Waals surface area contributed by atoms with Crippen LogP contribution in [0.4, 0.5) is 0 Å². The van der Waals surface area contributed by atoms with Crippen molar-refractivity contribution >= 4 is 76.2 Å². The molecule has 242 valence electrons. The van der Waals surface area contributed by atoms with Crippen molar-refractivity contribution in [3.63, 3.8) is 0 Å². The van der Waals surface area contributed by atoms with Gasteiger partial charge in [-0.2, -0.15) is 0 Å². The quantitative estimate of drug-likeness (QED) is 0.158. The molecule has 0 radical (unpaired) electrons. The molecule has 0 unspecified atom stereocenters. The minimum atomic E-state index is 0.0351. The van der Waals surface area contributed by atoms with Gasteiger partial charge in [0.1, 0.15) is 0 Å². The summed E-state index contributed by atoms with van der Waals surface area (Å²) in [6.45, 7) is 28.0. The fourth-order valence-electron chi connectivity index (χ4n) is 8.44. The smallest absolute Gasteiger partial charge is 0.0789 e. The van der Waals surface area contributed by atoms with E-state index in [4.69, 9.17) is 0 Å². The zero-order valence-electron chi connectivity index (χ0n) is 30.8. The Hall–Kier alpha value is -4.30. The molecule has 0 fully saturated rings. The molecule has 0 saturated carbocycles. The van der Waals surface area contributed by atoms with Crippen LogP contribution in [-0.4, -0.2) is 8.80 Å². The molecule has 4 aromatic heterocycles. The molecule has 0 aliphatic rings. The number of hydrogen-bond donors (Lipinski definition) is 0. The van der Waals surface area contributed by atoms with E-state index >= 15 is 0 Å². The summed E-state index contributed by atoms with van der Waals surface area (Å²) in [4.78, 5) is 0. The van der Waals surface area contributed by atoms with E-state index in [-0.39, 0.29) is 21.7 Å². The predicted molar refractivity (Wildman–Crippen MR) is 211 cm³/mol. The summed E-state index contributed by atoms with van der Waals surface area (Å²) in [5, 5.41) is 10.8. The van der Waals surface area contributed by atoms with E-state index in [0.717, 1.165) is 0 Å². The van der Waals surface area contributed by atoms with Crippen LogP contribution in [0.1, 0.15) is 105 Å². The first-order valence-corrected chi connectivity index (χ1v) is 17.8.